The highest BCUT2D eigenvalue weighted by Gasteiger charge is 2.14. The van der Waals surface area contributed by atoms with Crippen molar-refractivity contribution in [3.05, 3.63) is 101 Å². The summed E-state index contributed by atoms with van der Waals surface area (Å²) in [4.78, 5) is 23.7. The Bertz CT molecular complexity index is 1030. The lowest BCUT2D eigenvalue weighted by molar-refractivity contribution is -0.132. The Hall–Kier alpha value is -4.06. The first-order valence-corrected chi connectivity index (χ1v) is 8.84. The fourth-order valence-corrected chi connectivity index (χ4v) is 2.57. The maximum Gasteiger partial charge on any atom is 0.352 e. The molecule has 0 spiro atoms. The number of hydrogen-bond donors (Lipinski definition) is 3. The van der Waals surface area contributed by atoms with E-state index in [1.807, 2.05) is 30.3 Å². The van der Waals surface area contributed by atoms with Crippen molar-refractivity contribution in [1.82, 2.24) is 5.32 Å². The highest BCUT2D eigenvalue weighted by Crippen LogP contribution is 2.26. The van der Waals surface area contributed by atoms with Gasteiger partial charge in [0.2, 0.25) is 0 Å². The average molecular weight is 389 g/mol. The van der Waals surface area contributed by atoms with E-state index in [-0.39, 0.29) is 17.0 Å². The minimum absolute atomic E-state index is 0.164. The van der Waals surface area contributed by atoms with Gasteiger partial charge < -0.3 is 20.3 Å². The molecule has 6 heteroatoms. The molecule has 0 aliphatic carbocycles. The summed E-state index contributed by atoms with van der Waals surface area (Å²) in [6.45, 7) is 0.336. The van der Waals surface area contributed by atoms with Crippen LogP contribution < -0.4 is 10.1 Å². The maximum atomic E-state index is 12.2. The highest BCUT2D eigenvalue weighted by atomic mass is 16.5. The number of nitrogens with one attached hydrogen (secondary N) is 1. The Morgan fingerprint density at radius 3 is 2.21 bits per heavy atom. The molecule has 3 aromatic carbocycles. The molecular weight excluding hydrogens is 370 g/mol. The van der Waals surface area contributed by atoms with E-state index in [0.717, 1.165) is 5.56 Å². The average Bonchev–Trinajstić information content (AvgIpc) is 2.74. The lowest BCUT2D eigenvalue weighted by Gasteiger charge is -2.09. The first kappa shape index (κ1) is 19.7. The van der Waals surface area contributed by atoms with Crippen molar-refractivity contribution in [2.24, 2.45) is 0 Å². The summed E-state index contributed by atoms with van der Waals surface area (Å²) in [5.74, 6) is -1.60. The third-order valence-corrected chi connectivity index (χ3v) is 4.06. The second kappa shape index (κ2) is 9.23. The highest BCUT2D eigenvalue weighted by molar-refractivity contribution is 6.02. The maximum absolute atomic E-state index is 12.2. The largest absolute Gasteiger partial charge is 0.507 e. The fraction of sp³-hybridized carbons (Fsp3) is 0.0435. The van der Waals surface area contributed by atoms with Gasteiger partial charge in [0.05, 0.1) is 0 Å². The molecule has 0 fully saturated rings. The SMILES string of the molecule is O=C(O)/C(=C\c1ccc(OCc2ccccc2)cc1O)NC(=O)c1ccccc1. The van der Waals surface area contributed by atoms with E-state index in [2.05, 4.69) is 5.32 Å². The van der Waals surface area contributed by atoms with Crippen molar-refractivity contribution < 1.29 is 24.5 Å². The predicted octanol–water partition coefficient (Wildman–Crippen LogP) is 3.83. The lowest BCUT2D eigenvalue weighted by Crippen LogP contribution is -2.27. The number of amides is 1. The molecule has 3 N–H and O–H groups in total. The zero-order valence-electron chi connectivity index (χ0n) is 15.4. The van der Waals surface area contributed by atoms with Crippen LogP contribution in [0.3, 0.4) is 0 Å². The summed E-state index contributed by atoms with van der Waals surface area (Å²) >= 11 is 0. The van der Waals surface area contributed by atoms with Crippen LogP contribution in [0, 0.1) is 0 Å². The second-order valence-electron chi connectivity index (χ2n) is 6.18. The molecule has 0 aliphatic rings. The summed E-state index contributed by atoms with van der Waals surface area (Å²) in [5, 5.41) is 22.0. The van der Waals surface area contributed by atoms with Gasteiger partial charge in [-0.3, -0.25) is 4.79 Å². The van der Waals surface area contributed by atoms with E-state index in [4.69, 9.17) is 4.74 Å². The first-order valence-electron chi connectivity index (χ1n) is 8.84. The third kappa shape index (κ3) is 5.46. The number of carbonyl (C=O) groups excluding carboxylic acids is 1. The van der Waals surface area contributed by atoms with Crippen LogP contribution in [0.15, 0.2) is 84.6 Å². The lowest BCUT2D eigenvalue weighted by atomic mass is 10.1. The van der Waals surface area contributed by atoms with E-state index in [0.29, 0.717) is 17.9 Å². The monoisotopic (exact) mass is 389 g/mol. The van der Waals surface area contributed by atoms with Crippen LogP contribution in [0.2, 0.25) is 0 Å². The van der Waals surface area contributed by atoms with E-state index in [9.17, 15) is 19.8 Å². The van der Waals surface area contributed by atoms with E-state index >= 15 is 0 Å². The number of phenols is 1. The number of rotatable bonds is 7. The Morgan fingerprint density at radius 1 is 0.931 bits per heavy atom. The third-order valence-electron chi connectivity index (χ3n) is 4.06. The van der Waals surface area contributed by atoms with E-state index in [1.54, 1.807) is 36.4 Å². The Labute approximate surface area is 167 Å². The predicted molar refractivity (Wildman–Crippen MR) is 108 cm³/mol. The summed E-state index contributed by atoms with van der Waals surface area (Å²) in [6, 6.07) is 22.4. The molecule has 0 atom stereocenters. The number of aromatic hydroxyl groups is 1. The summed E-state index contributed by atoms with van der Waals surface area (Å²) in [7, 11) is 0. The normalized spacial score (nSPS) is 11.0. The number of carboxylic acid groups (broad SMARTS) is 1. The van der Waals surface area contributed by atoms with Crippen LogP contribution in [0.1, 0.15) is 21.5 Å². The Balaban J connectivity index is 1.74. The number of ether oxygens (including phenoxy) is 1. The zero-order chi connectivity index (χ0) is 20.6. The van der Waals surface area contributed by atoms with Gasteiger partial charge in [-0.05, 0) is 35.9 Å². The Morgan fingerprint density at radius 2 is 1.59 bits per heavy atom. The van der Waals surface area contributed by atoms with Crippen LogP contribution >= 0.6 is 0 Å². The summed E-state index contributed by atoms with van der Waals surface area (Å²) in [5.41, 5.74) is 1.19. The van der Waals surface area contributed by atoms with Crippen molar-refractivity contribution >= 4 is 18.0 Å². The molecule has 3 aromatic rings. The fourth-order valence-electron chi connectivity index (χ4n) is 2.57. The molecule has 6 nitrogen and oxygen atoms in total. The molecule has 29 heavy (non-hydrogen) atoms. The summed E-state index contributed by atoms with van der Waals surface area (Å²) in [6.07, 6.45) is 1.19. The van der Waals surface area contributed by atoms with Gasteiger partial charge in [0, 0.05) is 17.2 Å². The van der Waals surface area contributed by atoms with Gasteiger partial charge in [-0.2, -0.15) is 0 Å². The molecule has 0 aliphatic heterocycles. The number of phenolic OH excluding ortho intramolecular Hbond substituents is 1. The number of benzene rings is 3. The molecule has 0 aromatic heterocycles. The number of aliphatic carboxylic acids is 1. The topological polar surface area (TPSA) is 95.9 Å². The van der Waals surface area contributed by atoms with Crippen molar-refractivity contribution in [2.45, 2.75) is 6.61 Å². The van der Waals surface area contributed by atoms with E-state index < -0.39 is 11.9 Å². The van der Waals surface area contributed by atoms with Crippen molar-refractivity contribution in [3.8, 4) is 11.5 Å². The number of carboxylic acids is 1. The van der Waals surface area contributed by atoms with Gasteiger partial charge in [0.25, 0.3) is 5.91 Å². The van der Waals surface area contributed by atoms with Crippen LogP contribution in [0.4, 0.5) is 0 Å². The Kier molecular flexibility index (Phi) is 6.27. The number of hydrogen-bond acceptors (Lipinski definition) is 4. The minimum atomic E-state index is -1.32. The van der Waals surface area contributed by atoms with Gasteiger partial charge >= 0.3 is 5.97 Å². The number of carbonyl (C=O) groups is 2. The molecule has 3 rings (SSSR count). The molecule has 0 unspecified atom stereocenters. The van der Waals surface area contributed by atoms with Gasteiger partial charge in [0.15, 0.2) is 0 Å². The van der Waals surface area contributed by atoms with Crippen LogP contribution in [-0.2, 0) is 11.4 Å². The van der Waals surface area contributed by atoms with Crippen LogP contribution in [-0.4, -0.2) is 22.1 Å². The van der Waals surface area contributed by atoms with Gasteiger partial charge in [-0.1, -0.05) is 48.5 Å². The quantitative estimate of drug-likeness (QED) is 0.534. The van der Waals surface area contributed by atoms with Gasteiger partial charge in [0.1, 0.15) is 23.8 Å². The molecule has 1 amide bonds. The smallest absolute Gasteiger partial charge is 0.352 e. The minimum Gasteiger partial charge on any atom is -0.507 e. The molecule has 146 valence electrons. The van der Waals surface area contributed by atoms with Crippen molar-refractivity contribution in [3.63, 3.8) is 0 Å². The molecule has 0 saturated heterocycles. The van der Waals surface area contributed by atoms with Crippen molar-refractivity contribution in [1.29, 1.82) is 0 Å². The molecule has 0 saturated carbocycles. The molecular formula is C23H19NO5. The zero-order valence-corrected chi connectivity index (χ0v) is 15.4. The summed E-state index contributed by atoms with van der Waals surface area (Å²) < 4.78 is 5.64. The van der Waals surface area contributed by atoms with Crippen LogP contribution in [0.5, 0.6) is 11.5 Å². The molecule has 0 bridgehead atoms. The second-order valence-corrected chi connectivity index (χ2v) is 6.18. The molecule has 0 heterocycles. The first-order chi connectivity index (χ1) is 14.0. The van der Waals surface area contributed by atoms with Crippen molar-refractivity contribution in [2.75, 3.05) is 0 Å². The standard InChI is InChI=1S/C23H19NO5/c25-21-14-19(29-15-16-7-3-1-4-8-16)12-11-18(21)13-20(23(27)28)24-22(26)17-9-5-2-6-10-17/h1-14,25H,15H2,(H,24,26)(H,27,28)/b20-13+. The van der Waals surface area contributed by atoms with E-state index in [1.165, 1.54) is 18.2 Å². The molecule has 0 radical (unpaired) electrons. The van der Waals surface area contributed by atoms with Crippen LogP contribution in [0.25, 0.3) is 6.08 Å². The van der Waals surface area contributed by atoms with Gasteiger partial charge in [-0.25, -0.2) is 4.79 Å². The van der Waals surface area contributed by atoms with Gasteiger partial charge in [-0.15, -0.1) is 0 Å².